The molecule has 0 saturated carbocycles. The van der Waals surface area contributed by atoms with Gasteiger partial charge >= 0.3 is 0 Å². The van der Waals surface area contributed by atoms with Crippen LogP contribution in [0.15, 0.2) is 0 Å². The summed E-state index contributed by atoms with van der Waals surface area (Å²) in [5.74, 6) is 8.43. The zero-order chi connectivity index (χ0) is 22.1. The molecular formula is C30H56. The van der Waals surface area contributed by atoms with Crippen molar-refractivity contribution in [2.75, 3.05) is 0 Å². The fourth-order valence-corrected chi connectivity index (χ4v) is 4.18. The second-order valence-corrected chi connectivity index (χ2v) is 9.78. The van der Waals surface area contributed by atoms with Crippen LogP contribution in [0, 0.1) is 37.5 Å². The van der Waals surface area contributed by atoms with E-state index in [1.54, 1.807) is 0 Å². The maximum atomic E-state index is 3.93. The van der Waals surface area contributed by atoms with E-state index in [0.717, 1.165) is 19.3 Å². The van der Waals surface area contributed by atoms with Crippen molar-refractivity contribution in [3.8, 4) is 11.8 Å². The van der Waals surface area contributed by atoms with Crippen molar-refractivity contribution in [3.63, 3.8) is 0 Å². The Balaban J connectivity index is 3.47. The van der Waals surface area contributed by atoms with Crippen molar-refractivity contribution in [3.05, 3.63) is 13.8 Å². The van der Waals surface area contributed by atoms with E-state index < -0.39 is 0 Å². The predicted molar refractivity (Wildman–Crippen MR) is 138 cm³/mol. The van der Waals surface area contributed by atoms with Gasteiger partial charge in [-0.15, -0.1) is 5.92 Å². The molecule has 0 spiro atoms. The summed E-state index contributed by atoms with van der Waals surface area (Å²) in [7, 11) is 0. The Morgan fingerprint density at radius 1 is 0.500 bits per heavy atom. The highest BCUT2D eigenvalue weighted by molar-refractivity contribution is 5.04. The van der Waals surface area contributed by atoms with Crippen LogP contribution in [-0.2, 0) is 0 Å². The van der Waals surface area contributed by atoms with Gasteiger partial charge in [-0.05, 0) is 18.8 Å². The minimum absolute atomic E-state index is 0.612. The third kappa shape index (κ3) is 22.2. The van der Waals surface area contributed by atoms with Crippen LogP contribution in [0.25, 0.3) is 0 Å². The molecule has 0 nitrogen and oxygen atoms in total. The van der Waals surface area contributed by atoms with Gasteiger partial charge in [-0.3, -0.25) is 0 Å². The molecule has 0 amide bonds. The molecule has 1 atom stereocenters. The molecule has 0 heteroatoms. The Morgan fingerprint density at radius 3 is 1.27 bits per heavy atom. The summed E-state index contributed by atoms with van der Waals surface area (Å²) in [5, 5.41) is 0. The molecule has 0 rings (SSSR count). The molecule has 0 aliphatic rings. The lowest BCUT2D eigenvalue weighted by Gasteiger charge is -2.14. The standard InChI is InChI=1S/C30H56/c1-5-7-9-11-13-14-15-16-17-18-19-20-21-22-24-26-28-30(29(3)4)27-25-23-12-10-8-6-2/h29-30H,1-2,5-25,27H2,3-4H3. The highest BCUT2D eigenvalue weighted by Crippen LogP contribution is 2.19. The average molecular weight is 417 g/mol. The molecule has 0 aliphatic carbocycles. The van der Waals surface area contributed by atoms with Crippen LogP contribution in [0.1, 0.15) is 155 Å². The smallest absolute Gasteiger partial charge is 0.0225 e. The van der Waals surface area contributed by atoms with Crippen molar-refractivity contribution < 1.29 is 0 Å². The summed E-state index contributed by atoms with van der Waals surface area (Å²) in [4.78, 5) is 0. The predicted octanol–water partition coefficient (Wildman–Crippen LogP) is 10.5. The first-order valence-electron chi connectivity index (χ1n) is 13.8. The topological polar surface area (TPSA) is 0 Å². The number of unbranched alkanes of at least 4 members (excludes halogenated alkanes) is 19. The molecule has 30 heavy (non-hydrogen) atoms. The van der Waals surface area contributed by atoms with Crippen LogP contribution < -0.4 is 0 Å². The van der Waals surface area contributed by atoms with Crippen LogP contribution in [0.3, 0.4) is 0 Å². The largest absolute Gasteiger partial charge is 0.103 e. The van der Waals surface area contributed by atoms with E-state index in [1.807, 2.05) is 0 Å². The Kier molecular flexibility index (Phi) is 24.5. The zero-order valence-corrected chi connectivity index (χ0v) is 21.1. The molecule has 0 bridgehead atoms. The van der Waals surface area contributed by atoms with Gasteiger partial charge in [0.05, 0.1) is 0 Å². The first kappa shape index (κ1) is 29.6. The minimum atomic E-state index is 0.612. The van der Waals surface area contributed by atoms with Gasteiger partial charge in [0, 0.05) is 12.3 Å². The van der Waals surface area contributed by atoms with E-state index in [-0.39, 0.29) is 0 Å². The van der Waals surface area contributed by atoms with Gasteiger partial charge in [-0.1, -0.05) is 156 Å². The molecule has 0 heterocycles. The van der Waals surface area contributed by atoms with Crippen molar-refractivity contribution >= 4 is 0 Å². The molecule has 0 aromatic rings. The molecule has 0 aromatic carbocycles. The van der Waals surface area contributed by atoms with Gasteiger partial charge in [0.2, 0.25) is 0 Å². The van der Waals surface area contributed by atoms with E-state index >= 15 is 0 Å². The van der Waals surface area contributed by atoms with E-state index in [2.05, 4.69) is 39.5 Å². The first-order valence-corrected chi connectivity index (χ1v) is 13.8. The van der Waals surface area contributed by atoms with Crippen LogP contribution in [0.5, 0.6) is 0 Å². The van der Waals surface area contributed by atoms with Gasteiger partial charge in [0.15, 0.2) is 0 Å². The van der Waals surface area contributed by atoms with Crippen LogP contribution in [-0.4, -0.2) is 0 Å². The molecule has 1 unspecified atom stereocenters. The quantitative estimate of drug-likeness (QED) is 0.122. The normalized spacial score (nSPS) is 12.2. The maximum Gasteiger partial charge on any atom is 0.0225 e. The summed E-state index contributed by atoms with van der Waals surface area (Å²) in [6, 6.07) is 0. The van der Waals surface area contributed by atoms with E-state index in [1.165, 1.54) is 122 Å². The number of rotatable bonds is 22. The molecule has 0 saturated heterocycles. The molecular weight excluding hydrogens is 360 g/mol. The SMILES string of the molecule is [CH2]CCCCCCCCCCCCCCCC#CC(CCCCCCC[CH2])C(C)C. The molecule has 0 aliphatic heterocycles. The zero-order valence-electron chi connectivity index (χ0n) is 21.1. The van der Waals surface area contributed by atoms with E-state index in [4.69, 9.17) is 0 Å². The van der Waals surface area contributed by atoms with Crippen LogP contribution >= 0.6 is 0 Å². The van der Waals surface area contributed by atoms with Crippen LogP contribution in [0.2, 0.25) is 0 Å². The van der Waals surface area contributed by atoms with Gasteiger partial charge in [-0.25, -0.2) is 0 Å². The third-order valence-corrected chi connectivity index (χ3v) is 6.41. The Bertz CT molecular complexity index is 369. The lowest BCUT2D eigenvalue weighted by Crippen LogP contribution is -2.06. The monoisotopic (exact) mass is 416 g/mol. The van der Waals surface area contributed by atoms with Gasteiger partial charge in [-0.2, -0.15) is 0 Å². The molecule has 0 N–H and O–H groups in total. The molecule has 2 radical (unpaired) electrons. The Morgan fingerprint density at radius 2 is 0.867 bits per heavy atom. The fraction of sp³-hybridized carbons (Fsp3) is 0.867. The number of hydrogen-bond acceptors (Lipinski definition) is 0. The summed E-state index contributed by atoms with van der Waals surface area (Å²) < 4.78 is 0. The van der Waals surface area contributed by atoms with Crippen molar-refractivity contribution in [1.29, 1.82) is 0 Å². The molecule has 0 aromatic heterocycles. The fourth-order valence-electron chi connectivity index (χ4n) is 4.18. The first-order chi connectivity index (χ1) is 14.7. The maximum absolute atomic E-state index is 3.93. The number of hydrogen-bond donors (Lipinski definition) is 0. The van der Waals surface area contributed by atoms with Crippen molar-refractivity contribution in [1.82, 2.24) is 0 Å². The van der Waals surface area contributed by atoms with E-state index in [0.29, 0.717) is 11.8 Å². The van der Waals surface area contributed by atoms with Gasteiger partial charge < -0.3 is 0 Å². The lowest BCUT2D eigenvalue weighted by molar-refractivity contribution is 0.426. The summed E-state index contributed by atoms with van der Waals surface area (Å²) in [6.07, 6.45) is 29.7. The second-order valence-electron chi connectivity index (χ2n) is 9.78. The van der Waals surface area contributed by atoms with Crippen LogP contribution in [0.4, 0.5) is 0 Å². The second kappa shape index (κ2) is 24.8. The summed E-state index contributed by atoms with van der Waals surface area (Å²) >= 11 is 0. The highest BCUT2D eigenvalue weighted by Gasteiger charge is 2.09. The van der Waals surface area contributed by atoms with Crippen molar-refractivity contribution in [2.45, 2.75) is 155 Å². The highest BCUT2D eigenvalue weighted by atomic mass is 14.1. The minimum Gasteiger partial charge on any atom is -0.103 e. The lowest BCUT2D eigenvalue weighted by atomic mass is 9.90. The Hall–Kier alpha value is -0.440. The van der Waals surface area contributed by atoms with Gasteiger partial charge in [0.25, 0.3) is 0 Å². The molecule has 176 valence electrons. The van der Waals surface area contributed by atoms with E-state index in [9.17, 15) is 0 Å². The summed E-state index contributed by atoms with van der Waals surface area (Å²) in [5.41, 5.74) is 0. The average Bonchev–Trinajstić information content (AvgIpc) is 2.74. The van der Waals surface area contributed by atoms with Gasteiger partial charge in [0.1, 0.15) is 0 Å². The summed E-state index contributed by atoms with van der Waals surface area (Å²) in [6.45, 7) is 12.5. The Labute approximate surface area is 192 Å². The third-order valence-electron chi connectivity index (χ3n) is 6.41. The molecule has 0 fully saturated rings. The van der Waals surface area contributed by atoms with Crippen molar-refractivity contribution in [2.24, 2.45) is 11.8 Å².